The number of hydrogen-bond acceptors (Lipinski definition) is 2. The van der Waals surface area contributed by atoms with Gasteiger partial charge in [0.25, 0.3) is 0 Å². The lowest BCUT2D eigenvalue weighted by atomic mass is 10.1. The van der Waals surface area contributed by atoms with Crippen LogP contribution < -0.4 is 10.1 Å². The van der Waals surface area contributed by atoms with Crippen molar-refractivity contribution < 1.29 is 4.74 Å². The van der Waals surface area contributed by atoms with Crippen molar-refractivity contribution in [1.29, 1.82) is 0 Å². The van der Waals surface area contributed by atoms with Gasteiger partial charge in [-0.2, -0.15) is 0 Å². The van der Waals surface area contributed by atoms with E-state index in [1.54, 1.807) is 7.11 Å². The summed E-state index contributed by atoms with van der Waals surface area (Å²) in [6, 6.07) is 6.19. The summed E-state index contributed by atoms with van der Waals surface area (Å²) in [5.41, 5.74) is 2.38. The summed E-state index contributed by atoms with van der Waals surface area (Å²) in [4.78, 5) is 0. The van der Waals surface area contributed by atoms with Crippen LogP contribution in [0.1, 0.15) is 18.1 Å². The third-order valence-corrected chi connectivity index (χ3v) is 2.24. The highest BCUT2D eigenvalue weighted by molar-refractivity contribution is 5.53. The molecule has 0 spiro atoms. The fourth-order valence-electron chi connectivity index (χ4n) is 1.43. The molecule has 15 heavy (non-hydrogen) atoms. The van der Waals surface area contributed by atoms with E-state index in [9.17, 15) is 0 Å². The van der Waals surface area contributed by atoms with Crippen LogP contribution in [0.15, 0.2) is 24.3 Å². The second-order valence-corrected chi connectivity index (χ2v) is 3.44. The normalized spacial score (nSPS) is 10.9. The molecule has 1 aromatic rings. The lowest BCUT2D eigenvalue weighted by molar-refractivity contribution is 0.411. The van der Waals surface area contributed by atoms with Crippen LogP contribution in [0, 0.1) is 6.92 Å². The van der Waals surface area contributed by atoms with E-state index in [1.807, 2.05) is 6.07 Å². The molecule has 0 aliphatic rings. The van der Waals surface area contributed by atoms with Crippen LogP contribution in [0.25, 0.3) is 6.08 Å². The minimum absolute atomic E-state index is 0.918. The Morgan fingerprint density at radius 3 is 2.80 bits per heavy atom. The van der Waals surface area contributed by atoms with Crippen molar-refractivity contribution >= 4 is 6.08 Å². The van der Waals surface area contributed by atoms with Crippen LogP contribution in [-0.2, 0) is 0 Å². The smallest absolute Gasteiger partial charge is 0.121 e. The van der Waals surface area contributed by atoms with Crippen LogP contribution in [-0.4, -0.2) is 20.2 Å². The van der Waals surface area contributed by atoms with Gasteiger partial charge < -0.3 is 10.1 Å². The van der Waals surface area contributed by atoms with Crippen molar-refractivity contribution in [2.24, 2.45) is 0 Å². The van der Waals surface area contributed by atoms with Gasteiger partial charge in [0.15, 0.2) is 0 Å². The van der Waals surface area contributed by atoms with Crippen LogP contribution >= 0.6 is 0 Å². The molecule has 0 unspecified atom stereocenters. The van der Waals surface area contributed by atoms with Gasteiger partial charge in [-0.25, -0.2) is 0 Å². The minimum Gasteiger partial charge on any atom is -0.496 e. The van der Waals surface area contributed by atoms with E-state index in [4.69, 9.17) is 4.74 Å². The Morgan fingerprint density at radius 2 is 2.20 bits per heavy atom. The largest absolute Gasteiger partial charge is 0.496 e. The molecule has 0 saturated carbocycles. The summed E-state index contributed by atoms with van der Waals surface area (Å²) >= 11 is 0. The maximum absolute atomic E-state index is 5.21. The van der Waals surface area contributed by atoms with Gasteiger partial charge in [-0.1, -0.05) is 25.1 Å². The summed E-state index contributed by atoms with van der Waals surface area (Å²) in [6.07, 6.45) is 4.25. The number of ether oxygens (including phenoxy) is 1. The Morgan fingerprint density at radius 1 is 1.40 bits per heavy atom. The summed E-state index contributed by atoms with van der Waals surface area (Å²) < 4.78 is 5.21. The summed E-state index contributed by atoms with van der Waals surface area (Å²) in [5.74, 6) is 0.943. The Balaban J connectivity index is 2.63. The minimum atomic E-state index is 0.918. The Labute approximate surface area is 92.0 Å². The number of rotatable bonds is 5. The second-order valence-electron chi connectivity index (χ2n) is 3.44. The van der Waals surface area contributed by atoms with Gasteiger partial charge in [0.05, 0.1) is 7.11 Å². The van der Waals surface area contributed by atoms with Gasteiger partial charge in [-0.3, -0.25) is 0 Å². The molecule has 0 radical (unpaired) electrons. The molecule has 1 rings (SSSR count). The molecule has 82 valence electrons. The van der Waals surface area contributed by atoms with E-state index in [1.165, 1.54) is 11.1 Å². The monoisotopic (exact) mass is 205 g/mol. The van der Waals surface area contributed by atoms with Gasteiger partial charge >= 0.3 is 0 Å². The maximum Gasteiger partial charge on any atom is 0.121 e. The number of likely N-dealkylation sites (N-methyl/N-ethyl adjacent to an activating group) is 1. The number of methoxy groups -OCH3 is 1. The van der Waals surface area contributed by atoms with Gasteiger partial charge in [0.2, 0.25) is 0 Å². The van der Waals surface area contributed by atoms with Crippen LogP contribution in [0.4, 0.5) is 0 Å². The first-order valence-corrected chi connectivity index (χ1v) is 5.29. The number of nitrogens with one attached hydrogen (secondary N) is 1. The molecule has 0 aliphatic heterocycles. The molecule has 0 amide bonds. The zero-order chi connectivity index (χ0) is 11.1. The quantitative estimate of drug-likeness (QED) is 0.746. The van der Waals surface area contributed by atoms with Crippen molar-refractivity contribution in [1.82, 2.24) is 5.32 Å². The number of benzene rings is 1. The average molecular weight is 205 g/mol. The van der Waals surface area contributed by atoms with Crippen LogP contribution in [0.5, 0.6) is 5.75 Å². The number of aryl methyl sites for hydroxylation is 1. The molecule has 0 fully saturated rings. The predicted octanol–water partition coefficient (Wildman–Crippen LogP) is 2.63. The van der Waals surface area contributed by atoms with Crippen LogP contribution in [0.3, 0.4) is 0 Å². The van der Waals surface area contributed by atoms with Crippen molar-refractivity contribution in [3.05, 3.63) is 35.4 Å². The van der Waals surface area contributed by atoms with E-state index >= 15 is 0 Å². The molecule has 0 aromatic heterocycles. The molecule has 2 nitrogen and oxygen atoms in total. The van der Waals surface area contributed by atoms with Crippen molar-refractivity contribution in [3.8, 4) is 5.75 Å². The summed E-state index contributed by atoms with van der Waals surface area (Å²) in [7, 11) is 1.70. The molecule has 0 bridgehead atoms. The molecule has 0 heterocycles. The first kappa shape index (κ1) is 11.8. The molecule has 1 N–H and O–H groups in total. The van der Waals surface area contributed by atoms with E-state index in [0.29, 0.717) is 0 Å². The van der Waals surface area contributed by atoms with Gasteiger partial charge in [0.1, 0.15) is 5.75 Å². The summed E-state index contributed by atoms with van der Waals surface area (Å²) in [6.45, 7) is 6.08. The Bertz CT molecular complexity index is 331. The van der Waals surface area contributed by atoms with Crippen molar-refractivity contribution in [3.63, 3.8) is 0 Å². The highest BCUT2D eigenvalue weighted by Gasteiger charge is 1.96. The van der Waals surface area contributed by atoms with Crippen molar-refractivity contribution in [2.75, 3.05) is 20.2 Å². The zero-order valence-electron chi connectivity index (χ0n) is 9.71. The van der Waals surface area contributed by atoms with Gasteiger partial charge in [-0.05, 0) is 36.7 Å². The molecule has 0 saturated heterocycles. The van der Waals surface area contributed by atoms with E-state index < -0.39 is 0 Å². The first-order valence-electron chi connectivity index (χ1n) is 5.29. The van der Waals surface area contributed by atoms with Gasteiger partial charge in [-0.15, -0.1) is 0 Å². The van der Waals surface area contributed by atoms with Crippen molar-refractivity contribution in [2.45, 2.75) is 13.8 Å². The lowest BCUT2D eigenvalue weighted by Gasteiger charge is -2.04. The van der Waals surface area contributed by atoms with E-state index in [2.05, 4.69) is 43.4 Å². The average Bonchev–Trinajstić information content (AvgIpc) is 2.25. The van der Waals surface area contributed by atoms with E-state index in [-0.39, 0.29) is 0 Å². The highest BCUT2D eigenvalue weighted by Crippen LogP contribution is 2.18. The SMILES string of the molecule is CCNCC=Cc1ccc(OC)c(C)c1. The molecule has 0 aliphatic carbocycles. The molecule has 1 aromatic carbocycles. The van der Waals surface area contributed by atoms with E-state index in [0.717, 1.165) is 18.8 Å². The third-order valence-electron chi connectivity index (χ3n) is 2.24. The third kappa shape index (κ3) is 3.76. The standard InChI is InChI=1S/C13H19NO/c1-4-14-9-5-6-12-7-8-13(15-3)11(2)10-12/h5-8,10,14H,4,9H2,1-3H3. The Kier molecular flexibility index (Phi) is 4.91. The topological polar surface area (TPSA) is 21.3 Å². The second kappa shape index (κ2) is 6.25. The zero-order valence-corrected chi connectivity index (χ0v) is 9.71. The summed E-state index contributed by atoms with van der Waals surface area (Å²) in [5, 5.41) is 3.24. The molecule has 2 heteroatoms. The molecular weight excluding hydrogens is 186 g/mol. The van der Waals surface area contributed by atoms with Crippen LogP contribution in [0.2, 0.25) is 0 Å². The molecule has 0 atom stereocenters. The fraction of sp³-hybridized carbons (Fsp3) is 0.385. The maximum atomic E-state index is 5.21. The number of hydrogen-bond donors (Lipinski definition) is 1. The predicted molar refractivity (Wildman–Crippen MR) is 65.3 cm³/mol. The first-order chi connectivity index (χ1) is 7.27. The lowest BCUT2D eigenvalue weighted by Crippen LogP contribution is -2.11. The highest BCUT2D eigenvalue weighted by atomic mass is 16.5. The van der Waals surface area contributed by atoms with Gasteiger partial charge in [0, 0.05) is 6.54 Å². The molecular formula is C13H19NO. The fourth-order valence-corrected chi connectivity index (χ4v) is 1.43. The Hall–Kier alpha value is -1.28.